The zero-order valence-corrected chi connectivity index (χ0v) is 21.9. The summed E-state index contributed by atoms with van der Waals surface area (Å²) < 4.78 is 11.0. The number of H-pyrrole nitrogens is 1. The predicted molar refractivity (Wildman–Crippen MR) is 149 cm³/mol. The number of anilines is 1. The van der Waals surface area contributed by atoms with Crippen molar-refractivity contribution in [1.29, 1.82) is 0 Å². The summed E-state index contributed by atoms with van der Waals surface area (Å²) >= 11 is 0. The normalized spacial score (nSPS) is 11.2. The second-order valence-corrected chi connectivity index (χ2v) is 9.69. The van der Waals surface area contributed by atoms with Crippen molar-refractivity contribution in [2.45, 2.75) is 39.8 Å². The number of aromatic amines is 1. The molecule has 2 amide bonds. The maximum Gasteiger partial charge on any atom is 0.407 e. The molecular weight excluding hydrogens is 482 g/mol. The molecular formula is C30H31N3O5. The van der Waals surface area contributed by atoms with Crippen molar-refractivity contribution in [1.82, 2.24) is 10.3 Å². The van der Waals surface area contributed by atoms with Gasteiger partial charge in [-0.1, -0.05) is 54.6 Å². The maximum atomic E-state index is 13.6. The minimum Gasteiger partial charge on any atom is -0.479 e. The largest absolute Gasteiger partial charge is 0.479 e. The molecule has 4 aromatic rings. The number of pyridine rings is 1. The highest BCUT2D eigenvalue weighted by Gasteiger charge is 2.22. The van der Waals surface area contributed by atoms with Gasteiger partial charge in [0.1, 0.15) is 11.2 Å². The monoisotopic (exact) mass is 513 g/mol. The Morgan fingerprint density at radius 1 is 0.947 bits per heavy atom. The van der Waals surface area contributed by atoms with Crippen LogP contribution in [0.5, 0.6) is 5.88 Å². The van der Waals surface area contributed by atoms with Gasteiger partial charge in [-0.15, -0.1) is 0 Å². The average Bonchev–Trinajstić information content (AvgIpc) is 2.87. The van der Waals surface area contributed by atoms with E-state index in [1.807, 2.05) is 42.5 Å². The van der Waals surface area contributed by atoms with Gasteiger partial charge in [0.05, 0.1) is 12.1 Å². The fraction of sp³-hybridized carbons (Fsp3) is 0.233. The predicted octanol–water partition coefficient (Wildman–Crippen LogP) is 5.87. The number of ether oxygens (including phenoxy) is 2. The van der Waals surface area contributed by atoms with Gasteiger partial charge in [0.15, 0.2) is 0 Å². The number of alkyl carbamates (subject to hydrolysis) is 1. The van der Waals surface area contributed by atoms with E-state index in [0.29, 0.717) is 16.6 Å². The first-order valence-corrected chi connectivity index (χ1v) is 12.4. The molecule has 1 aromatic heterocycles. The Morgan fingerprint density at radius 2 is 1.66 bits per heavy atom. The van der Waals surface area contributed by atoms with Crippen LogP contribution >= 0.6 is 0 Å². The highest BCUT2D eigenvalue weighted by molar-refractivity contribution is 6.09. The average molecular weight is 514 g/mol. The van der Waals surface area contributed by atoms with E-state index in [1.54, 1.807) is 58.0 Å². The topological polar surface area (TPSA) is 110 Å². The minimum atomic E-state index is -0.619. The van der Waals surface area contributed by atoms with Crippen molar-refractivity contribution in [3.63, 3.8) is 0 Å². The van der Waals surface area contributed by atoms with E-state index < -0.39 is 23.0 Å². The van der Waals surface area contributed by atoms with Gasteiger partial charge in [-0.2, -0.15) is 0 Å². The summed E-state index contributed by atoms with van der Waals surface area (Å²) in [6.07, 6.45) is -0.542. The Bertz CT molecular complexity index is 1520. The molecule has 0 unspecified atom stereocenters. The Morgan fingerprint density at radius 3 is 2.37 bits per heavy atom. The number of carbonyl (C=O) groups is 2. The Kier molecular flexibility index (Phi) is 7.81. The fourth-order valence-corrected chi connectivity index (χ4v) is 4.02. The number of amides is 2. The number of aromatic nitrogens is 1. The summed E-state index contributed by atoms with van der Waals surface area (Å²) in [4.78, 5) is 42.2. The van der Waals surface area contributed by atoms with E-state index >= 15 is 0 Å². The van der Waals surface area contributed by atoms with Gasteiger partial charge < -0.3 is 25.1 Å². The third kappa shape index (κ3) is 6.21. The molecule has 4 rings (SSSR count). The second-order valence-electron chi connectivity index (χ2n) is 9.69. The Balaban J connectivity index is 1.71. The van der Waals surface area contributed by atoms with Crippen molar-refractivity contribution >= 4 is 28.6 Å². The van der Waals surface area contributed by atoms with Crippen molar-refractivity contribution in [2.75, 3.05) is 11.9 Å². The van der Waals surface area contributed by atoms with Crippen LogP contribution in [0.1, 0.15) is 43.6 Å². The van der Waals surface area contributed by atoms with Crippen LogP contribution in [0.3, 0.4) is 0 Å². The van der Waals surface area contributed by atoms with Crippen LogP contribution < -0.4 is 20.8 Å². The molecule has 0 bridgehead atoms. The third-order valence-corrected chi connectivity index (χ3v) is 5.64. The van der Waals surface area contributed by atoms with Crippen LogP contribution in [0.25, 0.3) is 22.0 Å². The third-order valence-electron chi connectivity index (χ3n) is 5.64. The van der Waals surface area contributed by atoms with Gasteiger partial charge in [0, 0.05) is 23.2 Å². The molecule has 0 saturated carbocycles. The van der Waals surface area contributed by atoms with Gasteiger partial charge in [-0.3, -0.25) is 9.59 Å². The molecule has 1 heterocycles. The molecule has 0 aliphatic carbocycles. The first-order valence-electron chi connectivity index (χ1n) is 12.4. The highest BCUT2D eigenvalue weighted by atomic mass is 16.6. The molecule has 0 spiro atoms. The van der Waals surface area contributed by atoms with Crippen molar-refractivity contribution in [2.24, 2.45) is 0 Å². The molecule has 8 heteroatoms. The summed E-state index contributed by atoms with van der Waals surface area (Å²) in [5.74, 6) is -0.493. The molecule has 196 valence electrons. The number of fused-ring (bicyclic) bond motifs is 1. The van der Waals surface area contributed by atoms with Gasteiger partial charge in [-0.05, 0) is 57.0 Å². The molecule has 0 fully saturated rings. The summed E-state index contributed by atoms with van der Waals surface area (Å²) in [6.45, 7) is 7.62. The number of carbonyl (C=O) groups excluding carboxylic acids is 2. The molecule has 0 radical (unpaired) electrons. The van der Waals surface area contributed by atoms with Gasteiger partial charge >= 0.3 is 6.09 Å². The van der Waals surface area contributed by atoms with E-state index in [0.717, 1.165) is 16.7 Å². The molecule has 0 atom stereocenters. The Hall–Kier alpha value is -4.59. The van der Waals surface area contributed by atoms with E-state index in [-0.39, 0.29) is 24.6 Å². The number of hydrogen-bond donors (Lipinski definition) is 3. The van der Waals surface area contributed by atoms with Gasteiger partial charge in [-0.25, -0.2) is 4.79 Å². The lowest BCUT2D eigenvalue weighted by molar-refractivity contribution is 0.0523. The molecule has 8 nitrogen and oxygen atoms in total. The van der Waals surface area contributed by atoms with Crippen LogP contribution in [0.4, 0.5) is 10.5 Å². The summed E-state index contributed by atoms with van der Waals surface area (Å²) in [5, 5.41) is 6.03. The number of para-hydroxylation sites is 1. The van der Waals surface area contributed by atoms with Crippen LogP contribution in [-0.2, 0) is 11.3 Å². The van der Waals surface area contributed by atoms with Crippen LogP contribution in [-0.4, -0.2) is 29.2 Å². The lowest BCUT2D eigenvalue weighted by Gasteiger charge is -2.20. The number of rotatable bonds is 7. The minimum absolute atomic E-state index is 0.109. The molecule has 0 aliphatic heterocycles. The summed E-state index contributed by atoms with van der Waals surface area (Å²) in [7, 11) is 0. The zero-order chi connectivity index (χ0) is 27.3. The molecule has 0 aliphatic rings. The fourth-order valence-electron chi connectivity index (χ4n) is 4.02. The van der Waals surface area contributed by atoms with Gasteiger partial charge in [0.2, 0.25) is 11.3 Å². The highest BCUT2D eigenvalue weighted by Crippen LogP contribution is 2.30. The van der Waals surface area contributed by atoms with Crippen LogP contribution in [0.2, 0.25) is 0 Å². The van der Waals surface area contributed by atoms with E-state index in [9.17, 15) is 14.4 Å². The van der Waals surface area contributed by atoms with Crippen molar-refractivity contribution in [3.8, 4) is 17.0 Å². The van der Waals surface area contributed by atoms with Gasteiger partial charge in [0.25, 0.3) is 5.91 Å². The molecule has 0 saturated heterocycles. The van der Waals surface area contributed by atoms with E-state index in [1.165, 1.54) is 0 Å². The summed E-state index contributed by atoms with van der Waals surface area (Å²) in [5.41, 5.74) is 2.29. The quantitative estimate of drug-likeness (QED) is 0.286. The lowest BCUT2D eigenvalue weighted by Crippen LogP contribution is -2.32. The number of hydrogen-bond acceptors (Lipinski definition) is 5. The lowest BCUT2D eigenvalue weighted by atomic mass is 10.0. The first kappa shape index (κ1) is 26.5. The standard InChI is InChI=1S/C30H31N3O5/c1-5-37-28-25(26(34)22-13-9-10-14-23(22)33-28)27(35)32-24-17-19(18-31-29(36)38-30(2,3)4)15-16-21(24)20-11-7-6-8-12-20/h6-17H,5,18H2,1-4H3,(H,31,36)(H,32,35)(H,33,34). The van der Waals surface area contributed by atoms with E-state index in [4.69, 9.17) is 9.47 Å². The van der Waals surface area contributed by atoms with Crippen LogP contribution in [0, 0.1) is 0 Å². The zero-order valence-electron chi connectivity index (χ0n) is 21.9. The number of benzene rings is 3. The van der Waals surface area contributed by atoms with Crippen molar-refractivity contribution < 1.29 is 19.1 Å². The Labute approximate surface area is 221 Å². The van der Waals surface area contributed by atoms with Crippen LogP contribution in [0.15, 0.2) is 77.6 Å². The smallest absolute Gasteiger partial charge is 0.407 e. The van der Waals surface area contributed by atoms with E-state index in [2.05, 4.69) is 15.6 Å². The second kappa shape index (κ2) is 11.2. The molecule has 38 heavy (non-hydrogen) atoms. The number of nitrogens with one attached hydrogen (secondary N) is 3. The first-order chi connectivity index (χ1) is 18.2. The molecule has 3 N–H and O–H groups in total. The van der Waals surface area contributed by atoms with Crippen molar-refractivity contribution in [3.05, 3.63) is 94.1 Å². The summed E-state index contributed by atoms with van der Waals surface area (Å²) in [6, 6.07) is 22.0. The SMILES string of the molecule is CCOc1[nH]c2ccccc2c(=O)c1C(=O)Nc1cc(CNC(=O)OC(C)(C)C)ccc1-c1ccccc1. The maximum absolute atomic E-state index is 13.6. The molecule has 3 aromatic carbocycles.